The molecule has 2 amide bonds. The molecule has 1 aromatic carbocycles. The second kappa shape index (κ2) is 6.48. The fourth-order valence-electron chi connectivity index (χ4n) is 2.19. The van der Waals surface area contributed by atoms with Crippen LogP contribution in [-0.2, 0) is 14.4 Å². The Morgan fingerprint density at radius 1 is 1.23 bits per heavy atom. The molecule has 116 valence electrons. The minimum absolute atomic E-state index is 0.106. The summed E-state index contributed by atoms with van der Waals surface area (Å²) in [6.07, 6.45) is -0.683. The molecule has 1 atom stereocenters. The summed E-state index contributed by atoms with van der Waals surface area (Å²) in [5.41, 5.74) is 0.781. The van der Waals surface area contributed by atoms with Gasteiger partial charge >= 0.3 is 0 Å². The van der Waals surface area contributed by atoms with Crippen LogP contribution in [0, 0.1) is 0 Å². The third kappa shape index (κ3) is 3.20. The number of anilines is 1. The van der Waals surface area contributed by atoms with Crippen LogP contribution in [-0.4, -0.2) is 41.6 Å². The van der Waals surface area contributed by atoms with Gasteiger partial charge in [-0.25, -0.2) is 15.0 Å². The SMILES string of the molecule is CC1C(=NC(=O)CCC(=O)[O-])C(=O)N(c2ccccc2)N1C. The van der Waals surface area contributed by atoms with E-state index in [1.54, 1.807) is 43.2 Å². The minimum Gasteiger partial charge on any atom is -0.550 e. The molecule has 0 bridgehead atoms. The van der Waals surface area contributed by atoms with Crippen LogP contribution in [0.5, 0.6) is 0 Å². The molecule has 1 aliphatic heterocycles. The highest BCUT2D eigenvalue weighted by Crippen LogP contribution is 2.24. The molecular weight excluding hydrogens is 286 g/mol. The number of hydrogen-bond donors (Lipinski definition) is 0. The lowest BCUT2D eigenvalue weighted by Gasteiger charge is -2.25. The van der Waals surface area contributed by atoms with Gasteiger partial charge in [-0.1, -0.05) is 18.2 Å². The highest BCUT2D eigenvalue weighted by molar-refractivity contribution is 6.48. The molecule has 0 aromatic heterocycles. The zero-order chi connectivity index (χ0) is 16.3. The van der Waals surface area contributed by atoms with Crippen molar-refractivity contribution in [2.75, 3.05) is 12.1 Å². The van der Waals surface area contributed by atoms with Crippen molar-refractivity contribution in [2.24, 2.45) is 4.99 Å². The number of amides is 2. The number of aliphatic imine (C=N–C) groups is 1. The fourth-order valence-corrected chi connectivity index (χ4v) is 2.19. The van der Waals surface area contributed by atoms with Gasteiger partial charge in [0.15, 0.2) is 0 Å². The average Bonchev–Trinajstić information content (AvgIpc) is 2.70. The average molecular weight is 302 g/mol. The maximum absolute atomic E-state index is 12.5. The Morgan fingerprint density at radius 3 is 2.45 bits per heavy atom. The zero-order valence-corrected chi connectivity index (χ0v) is 12.4. The number of carboxylic acid groups (broad SMARTS) is 1. The lowest BCUT2D eigenvalue weighted by molar-refractivity contribution is -0.305. The Balaban J connectivity index is 2.22. The largest absolute Gasteiger partial charge is 0.550 e. The standard InChI is InChI=1S/C15H17N3O4/c1-10-14(16-12(19)8-9-13(20)21)15(22)18(17(10)2)11-6-4-3-5-7-11/h3-7,10H,8-9H2,1-2H3,(H,20,21)/p-1. The monoisotopic (exact) mass is 302 g/mol. The van der Waals surface area contributed by atoms with Crippen molar-refractivity contribution < 1.29 is 19.5 Å². The molecule has 1 heterocycles. The van der Waals surface area contributed by atoms with E-state index >= 15 is 0 Å². The molecule has 0 saturated carbocycles. The molecule has 0 spiro atoms. The van der Waals surface area contributed by atoms with Gasteiger partial charge in [-0.05, 0) is 25.5 Å². The highest BCUT2D eigenvalue weighted by Gasteiger charge is 2.40. The quantitative estimate of drug-likeness (QED) is 0.765. The maximum Gasteiger partial charge on any atom is 0.289 e. The number of carbonyl (C=O) groups excluding carboxylic acids is 3. The topological polar surface area (TPSA) is 93.1 Å². The first kappa shape index (κ1) is 15.8. The molecule has 7 heteroatoms. The summed E-state index contributed by atoms with van der Waals surface area (Å²) in [7, 11) is 1.73. The van der Waals surface area contributed by atoms with Crippen LogP contribution in [0.15, 0.2) is 35.3 Å². The van der Waals surface area contributed by atoms with Gasteiger partial charge in [-0.15, -0.1) is 0 Å². The van der Waals surface area contributed by atoms with Gasteiger partial charge in [0.25, 0.3) is 5.91 Å². The van der Waals surface area contributed by atoms with E-state index in [4.69, 9.17) is 0 Å². The summed E-state index contributed by atoms with van der Waals surface area (Å²) in [4.78, 5) is 38.3. The van der Waals surface area contributed by atoms with E-state index in [0.29, 0.717) is 5.69 Å². The van der Waals surface area contributed by atoms with Crippen LogP contribution in [0.4, 0.5) is 5.69 Å². The number of benzene rings is 1. The molecule has 1 fully saturated rings. The Bertz CT molecular complexity index is 627. The number of hydrogen-bond acceptors (Lipinski definition) is 5. The number of nitrogens with zero attached hydrogens (tertiary/aromatic N) is 3. The van der Waals surface area contributed by atoms with Crippen molar-refractivity contribution >= 4 is 29.2 Å². The van der Waals surface area contributed by atoms with Crippen LogP contribution in [0.25, 0.3) is 0 Å². The maximum atomic E-state index is 12.5. The minimum atomic E-state index is -1.32. The van der Waals surface area contributed by atoms with Crippen molar-refractivity contribution in [1.82, 2.24) is 5.01 Å². The highest BCUT2D eigenvalue weighted by atomic mass is 16.4. The van der Waals surface area contributed by atoms with Crippen molar-refractivity contribution in [3.8, 4) is 0 Å². The number of para-hydroxylation sites is 1. The number of aliphatic carboxylic acids is 1. The molecule has 7 nitrogen and oxygen atoms in total. The Labute approximate surface area is 127 Å². The lowest BCUT2D eigenvalue weighted by Crippen LogP contribution is -2.38. The molecule has 0 aliphatic carbocycles. The predicted molar refractivity (Wildman–Crippen MR) is 77.8 cm³/mol. The number of carbonyl (C=O) groups is 3. The molecule has 1 saturated heterocycles. The summed E-state index contributed by atoms with van der Waals surface area (Å²) in [6, 6.07) is 8.64. The van der Waals surface area contributed by atoms with Gasteiger partial charge in [0.2, 0.25) is 5.91 Å². The van der Waals surface area contributed by atoms with Crippen molar-refractivity contribution in [3.05, 3.63) is 30.3 Å². The van der Waals surface area contributed by atoms with Gasteiger partial charge in [0, 0.05) is 19.4 Å². The van der Waals surface area contributed by atoms with E-state index in [2.05, 4.69) is 4.99 Å². The summed E-state index contributed by atoms with van der Waals surface area (Å²) >= 11 is 0. The second-order valence-corrected chi connectivity index (χ2v) is 4.96. The van der Waals surface area contributed by atoms with Gasteiger partial charge in [-0.3, -0.25) is 9.59 Å². The smallest absolute Gasteiger partial charge is 0.289 e. The lowest BCUT2D eigenvalue weighted by atomic mass is 10.2. The van der Waals surface area contributed by atoms with Crippen LogP contribution >= 0.6 is 0 Å². The predicted octanol–water partition coefficient (Wildman–Crippen LogP) is -0.234. The molecule has 1 aliphatic rings. The molecule has 0 N–H and O–H groups in total. The van der Waals surface area contributed by atoms with Gasteiger partial charge in [0.1, 0.15) is 5.71 Å². The van der Waals surface area contributed by atoms with Gasteiger partial charge in [-0.2, -0.15) is 0 Å². The third-order valence-electron chi connectivity index (χ3n) is 3.47. The third-order valence-corrected chi connectivity index (χ3v) is 3.47. The number of carboxylic acids is 1. The van der Waals surface area contributed by atoms with Gasteiger partial charge < -0.3 is 9.90 Å². The van der Waals surface area contributed by atoms with E-state index in [9.17, 15) is 19.5 Å². The first-order chi connectivity index (χ1) is 10.4. The summed E-state index contributed by atoms with van der Waals surface area (Å²) in [5, 5.41) is 13.5. The fraction of sp³-hybridized carbons (Fsp3) is 0.333. The molecular formula is C15H16N3O4-. The Hall–Kier alpha value is -2.54. The Morgan fingerprint density at radius 2 is 1.86 bits per heavy atom. The van der Waals surface area contributed by atoms with Crippen LogP contribution < -0.4 is 10.1 Å². The molecule has 1 unspecified atom stereocenters. The molecule has 0 radical (unpaired) electrons. The first-order valence-electron chi connectivity index (χ1n) is 6.85. The summed E-state index contributed by atoms with van der Waals surface area (Å²) < 4.78 is 0. The van der Waals surface area contributed by atoms with E-state index in [1.165, 1.54) is 5.01 Å². The zero-order valence-electron chi connectivity index (χ0n) is 12.4. The van der Waals surface area contributed by atoms with Crippen molar-refractivity contribution in [2.45, 2.75) is 25.8 Å². The number of hydrazine groups is 1. The van der Waals surface area contributed by atoms with Crippen LogP contribution in [0.3, 0.4) is 0 Å². The van der Waals surface area contributed by atoms with Crippen LogP contribution in [0.2, 0.25) is 0 Å². The normalized spacial score (nSPS) is 20.6. The van der Waals surface area contributed by atoms with E-state index < -0.39 is 18.3 Å². The molecule has 2 rings (SSSR count). The van der Waals surface area contributed by atoms with E-state index in [1.807, 2.05) is 6.07 Å². The van der Waals surface area contributed by atoms with E-state index in [-0.39, 0.29) is 24.1 Å². The molecule has 22 heavy (non-hydrogen) atoms. The Kier molecular flexibility index (Phi) is 4.67. The van der Waals surface area contributed by atoms with Crippen LogP contribution in [0.1, 0.15) is 19.8 Å². The van der Waals surface area contributed by atoms with Gasteiger partial charge in [0.05, 0.1) is 11.7 Å². The number of rotatable bonds is 4. The van der Waals surface area contributed by atoms with Crippen molar-refractivity contribution in [3.63, 3.8) is 0 Å². The molecule has 1 aromatic rings. The van der Waals surface area contributed by atoms with Crippen molar-refractivity contribution in [1.29, 1.82) is 0 Å². The summed E-state index contributed by atoms with van der Waals surface area (Å²) in [6.45, 7) is 1.76. The first-order valence-corrected chi connectivity index (χ1v) is 6.85. The van der Waals surface area contributed by atoms with E-state index in [0.717, 1.165) is 0 Å². The second-order valence-electron chi connectivity index (χ2n) is 4.96. The summed E-state index contributed by atoms with van der Waals surface area (Å²) in [5.74, 6) is -2.34.